The highest BCUT2D eigenvalue weighted by Gasteiger charge is 2.33. The summed E-state index contributed by atoms with van der Waals surface area (Å²) < 4.78 is 37.3. The minimum Gasteiger partial charge on any atom is -0.399 e. The fraction of sp³-hybridized carbons (Fsp3) is 0.308. The van der Waals surface area contributed by atoms with Crippen LogP contribution in [0.2, 0.25) is 0 Å². The predicted molar refractivity (Wildman–Crippen MR) is 73.1 cm³/mol. The zero-order chi connectivity index (χ0) is 14.8. The van der Waals surface area contributed by atoms with Crippen LogP contribution < -0.4 is 5.73 Å². The van der Waals surface area contributed by atoms with E-state index < -0.39 is 11.9 Å². The Balaban J connectivity index is 1.98. The molecule has 0 radical (unpaired) electrons. The number of thiazole rings is 1. The van der Waals surface area contributed by atoms with Crippen LogP contribution in [0.1, 0.15) is 16.3 Å². The van der Waals surface area contributed by atoms with E-state index in [2.05, 4.69) is 4.98 Å². The Morgan fingerprint density at radius 3 is 2.65 bits per heavy atom. The lowest BCUT2D eigenvalue weighted by Crippen LogP contribution is -2.17. The SMILES string of the molecule is CN(Cc1cccc(N)c1)Cc1nc(C(F)(F)F)cs1. The number of rotatable bonds is 4. The maximum Gasteiger partial charge on any atom is 0.434 e. The van der Waals surface area contributed by atoms with Crippen LogP contribution in [0.15, 0.2) is 29.6 Å². The van der Waals surface area contributed by atoms with Gasteiger partial charge in [-0.15, -0.1) is 11.3 Å². The number of anilines is 1. The molecule has 0 aliphatic rings. The van der Waals surface area contributed by atoms with Crippen molar-refractivity contribution in [1.29, 1.82) is 0 Å². The van der Waals surface area contributed by atoms with Crippen molar-refractivity contribution in [2.75, 3.05) is 12.8 Å². The van der Waals surface area contributed by atoms with Gasteiger partial charge in [-0.05, 0) is 24.7 Å². The number of alkyl halides is 3. The fourth-order valence-electron chi connectivity index (χ4n) is 1.80. The summed E-state index contributed by atoms with van der Waals surface area (Å²) in [7, 11) is 1.83. The summed E-state index contributed by atoms with van der Waals surface area (Å²) >= 11 is 1.02. The van der Waals surface area contributed by atoms with Gasteiger partial charge in [0.05, 0.1) is 6.54 Å². The number of halogens is 3. The average Bonchev–Trinajstić information content (AvgIpc) is 2.76. The van der Waals surface area contributed by atoms with E-state index in [4.69, 9.17) is 5.73 Å². The lowest BCUT2D eigenvalue weighted by atomic mass is 10.2. The van der Waals surface area contributed by atoms with Gasteiger partial charge in [0.15, 0.2) is 5.69 Å². The number of hydrogen-bond donors (Lipinski definition) is 1. The van der Waals surface area contributed by atoms with Crippen LogP contribution >= 0.6 is 11.3 Å². The third-order valence-electron chi connectivity index (χ3n) is 2.65. The second-order valence-corrected chi connectivity index (χ2v) is 5.48. The molecule has 108 valence electrons. The maximum absolute atomic E-state index is 12.4. The molecule has 0 amide bonds. The smallest absolute Gasteiger partial charge is 0.399 e. The summed E-state index contributed by atoms with van der Waals surface area (Å²) in [5.74, 6) is 0. The molecule has 0 bridgehead atoms. The van der Waals surface area contributed by atoms with E-state index in [9.17, 15) is 13.2 Å². The van der Waals surface area contributed by atoms with Crippen LogP contribution in [0.3, 0.4) is 0 Å². The van der Waals surface area contributed by atoms with Crippen LogP contribution in [-0.2, 0) is 19.3 Å². The molecule has 0 atom stereocenters. The van der Waals surface area contributed by atoms with Gasteiger partial charge in [0.25, 0.3) is 0 Å². The van der Waals surface area contributed by atoms with E-state index in [-0.39, 0.29) is 0 Å². The maximum atomic E-state index is 12.4. The average molecular weight is 301 g/mol. The summed E-state index contributed by atoms with van der Waals surface area (Å²) in [6, 6.07) is 7.42. The number of hydrogen-bond acceptors (Lipinski definition) is 4. The van der Waals surface area contributed by atoms with Gasteiger partial charge in [-0.25, -0.2) is 4.98 Å². The van der Waals surface area contributed by atoms with Gasteiger partial charge in [-0.2, -0.15) is 13.2 Å². The van der Waals surface area contributed by atoms with Crippen molar-refractivity contribution in [2.24, 2.45) is 0 Å². The van der Waals surface area contributed by atoms with Crippen LogP contribution in [0.25, 0.3) is 0 Å². The zero-order valence-electron chi connectivity index (χ0n) is 10.8. The Morgan fingerprint density at radius 1 is 1.30 bits per heavy atom. The molecule has 1 heterocycles. The summed E-state index contributed by atoms with van der Waals surface area (Å²) in [5.41, 5.74) is 6.54. The largest absolute Gasteiger partial charge is 0.434 e. The summed E-state index contributed by atoms with van der Waals surface area (Å²) in [5, 5.41) is 1.49. The van der Waals surface area contributed by atoms with Crippen LogP contribution in [-0.4, -0.2) is 16.9 Å². The van der Waals surface area contributed by atoms with Gasteiger partial charge in [0, 0.05) is 17.6 Å². The lowest BCUT2D eigenvalue weighted by molar-refractivity contribution is -0.140. The second-order valence-electron chi connectivity index (χ2n) is 4.54. The molecule has 2 rings (SSSR count). The molecule has 0 spiro atoms. The van der Waals surface area contributed by atoms with Crippen molar-refractivity contribution >= 4 is 17.0 Å². The second kappa shape index (κ2) is 5.80. The third-order valence-corrected chi connectivity index (χ3v) is 3.48. The van der Waals surface area contributed by atoms with Crippen molar-refractivity contribution in [3.63, 3.8) is 0 Å². The van der Waals surface area contributed by atoms with Gasteiger partial charge in [0.1, 0.15) is 5.01 Å². The molecule has 0 unspecified atom stereocenters. The van der Waals surface area contributed by atoms with E-state index in [0.29, 0.717) is 23.8 Å². The highest BCUT2D eigenvalue weighted by Crippen LogP contribution is 2.30. The molecule has 0 aliphatic carbocycles. The zero-order valence-corrected chi connectivity index (χ0v) is 11.6. The monoisotopic (exact) mass is 301 g/mol. The van der Waals surface area contributed by atoms with E-state index in [1.54, 1.807) is 6.07 Å². The Kier molecular flexibility index (Phi) is 4.29. The van der Waals surface area contributed by atoms with E-state index >= 15 is 0 Å². The van der Waals surface area contributed by atoms with Crippen LogP contribution in [0.5, 0.6) is 0 Å². The molecule has 0 aliphatic heterocycles. The van der Waals surface area contributed by atoms with Gasteiger partial charge in [-0.1, -0.05) is 12.1 Å². The minimum absolute atomic E-state index is 0.371. The minimum atomic E-state index is -4.37. The first-order chi connectivity index (χ1) is 9.34. The molecule has 0 fully saturated rings. The molecule has 2 N–H and O–H groups in total. The van der Waals surface area contributed by atoms with Crippen molar-refractivity contribution < 1.29 is 13.2 Å². The first-order valence-electron chi connectivity index (χ1n) is 5.89. The topological polar surface area (TPSA) is 42.1 Å². The predicted octanol–water partition coefficient (Wildman–Crippen LogP) is 3.38. The first kappa shape index (κ1) is 14.8. The third kappa shape index (κ3) is 3.94. The summed E-state index contributed by atoms with van der Waals surface area (Å²) in [6.07, 6.45) is -4.37. The molecule has 1 aromatic carbocycles. The highest BCUT2D eigenvalue weighted by molar-refractivity contribution is 7.09. The van der Waals surface area contributed by atoms with E-state index in [0.717, 1.165) is 22.3 Å². The fourth-order valence-corrected chi connectivity index (χ4v) is 2.68. The Labute approximate surface area is 118 Å². The number of nitrogens with two attached hydrogens (primary N) is 1. The Morgan fingerprint density at radius 2 is 2.05 bits per heavy atom. The molecule has 7 heteroatoms. The Bertz CT molecular complexity index is 580. The standard InChI is InChI=1S/C13H14F3N3S/c1-19(6-9-3-2-4-10(17)5-9)7-12-18-11(8-20-12)13(14,15)16/h2-5,8H,6-7,17H2,1H3. The number of aromatic nitrogens is 1. The van der Waals surface area contributed by atoms with Crippen LogP contribution in [0.4, 0.5) is 18.9 Å². The normalized spacial score (nSPS) is 12.1. The van der Waals surface area contributed by atoms with E-state index in [1.165, 1.54) is 0 Å². The summed E-state index contributed by atoms with van der Waals surface area (Å²) in [4.78, 5) is 5.50. The van der Waals surface area contributed by atoms with Crippen LogP contribution in [0, 0.1) is 0 Å². The molecule has 3 nitrogen and oxygen atoms in total. The van der Waals surface area contributed by atoms with Crippen molar-refractivity contribution in [3.8, 4) is 0 Å². The van der Waals surface area contributed by atoms with Crippen molar-refractivity contribution in [3.05, 3.63) is 45.9 Å². The lowest BCUT2D eigenvalue weighted by Gasteiger charge is -2.15. The first-order valence-corrected chi connectivity index (χ1v) is 6.77. The van der Waals surface area contributed by atoms with E-state index in [1.807, 2.05) is 30.1 Å². The number of nitrogens with zero attached hydrogens (tertiary/aromatic N) is 2. The number of nitrogen functional groups attached to an aromatic ring is 1. The van der Waals surface area contributed by atoms with Gasteiger partial charge in [-0.3, -0.25) is 4.90 Å². The van der Waals surface area contributed by atoms with Crippen molar-refractivity contribution in [1.82, 2.24) is 9.88 Å². The van der Waals surface area contributed by atoms with Gasteiger partial charge < -0.3 is 5.73 Å². The summed E-state index contributed by atoms with van der Waals surface area (Å²) in [6.45, 7) is 0.974. The Hall–Kier alpha value is -1.60. The molecule has 0 saturated carbocycles. The highest BCUT2D eigenvalue weighted by atomic mass is 32.1. The molecule has 0 saturated heterocycles. The molecular formula is C13H14F3N3S. The van der Waals surface area contributed by atoms with Gasteiger partial charge in [0.2, 0.25) is 0 Å². The molecule has 1 aromatic heterocycles. The molecule has 2 aromatic rings. The quantitative estimate of drug-likeness (QED) is 0.880. The van der Waals surface area contributed by atoms with Gasteiger partial charge >= 0.3 is 6.18 Å². The molecule has 20 heavy (non-hydrogen) atoms. The number of benzene rings is 1. The molecular weight excluding hydrogens is 287 g/mol. The van der Waals surface area contributed by atoms with Crippen molar-refractivity contribution in [2.45, 2.75) is 19.3 Å².